The number of pyridine rings is 1. The third kappa shape index (κ3) is 1.53. The van der Waals surface area contributed by atoms with Gasteiger partial charge in [-0.25, -0.2) is 4.39 Å². The monoisotopic (exact) mass is 169 g/mol. The maximum absolute atomic E-state index is 13.3. The van der Waals surface area contributed by atoms with Crippen molar-refractivity contribution in [2.24, 2.45) is 5.73 Å². The molecule has 4 heteroatoms. The van der Waals surface area contributed by atoms with Crippen molar-refractivity contribution in [3.63, 3.8) is 0 Å². The first kappa shape index (κ1) is 8.93. The Bertz CT molecular complexity index is 273. The number of anilines is 1. The average molecular weight is 169 g/mol. The van der Waals surface area contributed by atoms with Crippen LogP contribution in [0.1, 0.15) is 5.69 Å². The van der Waals surface area contributed by atoms with Crippen LogP contribution in [0, 0.1) is 5.82 Å². The molecule has 1 aromatic heterocycles. The predicted molar refractivity (Wildman–Crippen MR) is 46.4 cm³/mol. The fourth-order valence-corrected chi connectivity index (χ4v) is 0.963. The van der Waals surface area contributed by atoms with Gasteiger partial charge in [0.1, 0.15) is 0 Å². The van der Waals surface area contributed by atoms with Crippen molar-refractivity contribution in [3.05, 3.63) is 23.8 Å². The molecule has 0 fully saturated rings. The maximum atomic E-state index is 13.3. The summed E-state index contributed by atoms with van der Waals surface area (Å²) in [7, 11) is 3.55. The van der Waals surface area contributed by atoms with E-state index in [-0.39, 0.29) is 12.4 Å². The lowest BCUT2D eigenvalue weighted by Crippen LogP contribution is -2.13. The van der Waals surface area contributed by atoms with Crippen molar-refractivity contribution in [3.8, 4) is 0 Å². The second-order valence-electron chi connectivity index (χ2n) is 2.69. The molecule has 1 rings (SSSR count). The van der Waals surface area contributed by atoms with E-state index in [9.17, 15) is 4.39 Å². The molecule has 0 aliphatic carbocycles. The van der Waals surface area contributed by atoms with Crippen molar-refractivity contribution in [1.29, 1.82) is 0 Å². The quantitative estimate of drug-likeness (QED) is 0.710. The number of nitrogens with two attached hydrogens (primary N) is 1. The number of hydrogen-bond acceptors (Lipinski definition) is 3. The largest absolute Gasteiger partial charge is 0.375 e. The minimum absolute atomic E-state index is 0.132. The smallest absolute Gasteiger partial charge is 0.169 e. The van der Waals surface area contributed by atoms with Crippen LogP contribution in [0.4, 0.5) is 10.1 Å². The van der Waals surface area contributed by atoms with Crippen LogP contribution in [0.3, 0.4) is 0 Å². The van der Waals surface area contributed by atoms with E-state index >= 15 is 0 Å². The van der Waals surface area contributed by atoms with E-state index in [4.69, 9.17) is 5.73 Å². The summed E-state index contributed by atoms with van der Waals surface area (Å²) in [6, 6.07) is 1.62. The van der Waals surface area contributed by atoms with Gasteiger partial charge in [-0.2, -0.15) is 0 Å². The van der Waals surface area contributed by atoms with Crippen LogP contribution < -0.4 is 10.6 Å². The molecule has 0 unspecified atom stereocenters. The third-order valence-electron chi connectivity index (χ3n) is 1.62. The van der Waals surface area contributed by atoms with Crippen molar-refractivity contribution < 1.29 is 4.39 Å². The van der Waals surface area contributed by atoms with Gasteiger partial charge < -0.3 is 10.6 Å². The van der Waals surface area contributed by atoms with Gasteiger partial charge in [0.25, 0.3) is 0 Å². The standard InChI is InChI=1S/C8H12FN3/c1-12(2)7-3-4-11-6(5-10)8(7)9/h3-4H,5,10H2,1-2H3. The van der Waals surface area contributed by atoms with Crippen LogP contribution in [0.25, 0.3) is 0 Å². The summed E-state index contributed by atoms with van der Waals surface area (Å²) in [6.07, 6.45) is 1.56. The molecule has 0 aliphatic heterocycles. The Morgan fingerprint density at radius 3 is 2.75 bits per heavy atom. The van der Waals surface area contributed by atoms with Crippen molar-refractivity contribution in [2.75, 3.05) is 19.0 Å². The van der Waals surface area contributed by atoms with E-state index in [0.717, 1.165) is 0 Å². The Balaban J connectivity index is 3.14. The Hall–Kier alpha value is -1.16. The Labute approximate surface area is 71.0 Å². The molecule has 3 nitrogen and oxygen atoms in total. The molecule has 66 valence electrons. The van der Waals surface area contributed by atoms with E-state index in [1.54, 1.807) is 31.3 Å². The highest BCUT2D eigenvalue weighted by molar-refractivity contribution is 5.46. The lowest BCUT2D eigenvalue weighted by Gasteiger charge is -2.14. The number of rotatable bonds is 2. The Morgan fingerprint density at radius 1 is 1.58 bits per heavy atom. The Kier molecular flexibility index (Phi) is 2.60. The zero-order chi connectivity index (χ0) is 9.14. The number of nitrogens with zero attached hydrogens (tertiary/aromatic N) is 2. The summed E-state index contributed by atoms with van der Waals surface area (Å²) in [4.78, 5) is 5.50. The Morgan fingerprint density at radius 2 is 2.25 bits per heavy atom. The molecule has 0 saturated heterocycles. The second kappa shape index (κ2) is 3.49. The molecule has 0 amide bonds. The first-order chi connectivity index (χ1) is 5.66. The minimum atomic E-state index is -0.329. The molecule has 0 saturated carbocycles. The molecule has 0 aliphatic rings. The van der Waals surface area contributed by atoms with Gasteiger partial charge in [0, 0.05) is 26.8 Å². The molecule has 0 radical (unpaired) electrons. The maximum Gasteiger partial charge on any atom is 0.169 e. The van der Waals surface area contributed by atoms with Crippen LogP contribution in [-0.2, 0) is 6.54 Å². The first-order valence-electron chi connectivity index (χ1n) is 3.67. The highest BCUT2D eigenvalue weighted by Crippen LogP contribution is 2.17. The average Bonchev–Trinajstić information content (AvgIpc) is 2.04. The zero-order valence-electron chi connectivity index (χ0n) is 7.21. The molecule has 0 aromatic carbocycles. The first-order valence-corrected chi connectivity index (χ1v) is 3.67. The highest BCUT2D eigenvalue weighted by Gasteiger charge is 2.08. The van der Waals surface area contributed by atoms with Gasteiger partial charge in [-0.3, -0.25) is 4.98 Å². The van der Waals surface area contributed by atoms with E-state index in [1.165, 1.54) is 0 Å². The zero-order valence-corrected chi connectivity index (χ0v) is 7.21. The summed E-state index contributed by atoms with van der Waals surface area (Å²) in [5.41, 5.74) is 6.12. The third-order valence-corrected chi connectivity index (χ3v) is 1.62. The van der Waals surface area contributed by atoms with Gasteiger partial charge in [0.05, 0.1) is 11.4 Å². The van der Waals surface area contributed by atoms with Crippen LogP contribution in [-0.4, -0.2) is 19.1 Å². The van der Waals surface area contributed by atoms with Gasteiger partial charge in [-0.15, -0.1) is 0 Å². The van der Waals surface area contributed by atoms with E-state index < -0.39 is 0 Å². The van der Waals surface area contributed by atoms with Crippen molar-refractivity contribution in [2.45, 2.75) is 6.54 Å². The SMILES string of the molecule is CN(C)c1ccnc(CN)c1F. The summed E-state index contributed by atoms with van der Waals surface area (Å²) < 4.78 is 13.3. The molecule has 0 atom stereocenters. The summed E-state index contributed by atoms with van der Waals surface area (Å²) in [5.74, 6) is -0.329. The van der Waals surface area contributed by atoms with Crippen LogP contribution in [0.2, 0.25) is 0 Å². The highest BCUT2D eigenvalue weighted by atomic mass is 19.1. The van der Waals surface area contributed by atoms with Gasteiger partial charge in [-0.1, -0.05) is 0 Å². The lowest BCUT2D eigenvalue weighted by atomic mass is 10.3. The molecule has 2 N–H and O–H groups in total. The van der Waals surface area contributed by atoms with Gasteiger partial charge in [-0.05, 0) is 6.07 Å². The number of hydrogen-bond donors (Lipinski definition) is 1. The summed E-state index contributed by atoms with van der Waals surface area (Å²) in [6.45, 7) is 0.132. The number of aromatic nitrogens is 1. The van der Waals surface area contributed by atoms with E-state index in [0.29, 0.717) is 11.4 Å². The second-order valence-corrected chi connectivity index (χ2v) is 2.69. The summed E-state index contributed by atoms with van der Waals surface area (Å²) in [5, 5.41) is 0. The molecule has 0 bridgehead atoms. The van der Waals surface area contributed by atoms with E-state index in [1.807, 2.05) is 0 Å². The normalized spacial score (nSPS) is 10.0. The van der Waals surface area contributed by atoms with E-state index in [2.05, 4.69) is 4.98 Å². The van der Waals surface area contributed by atoms with Crippen molar-refractivity contribution >= 4 is 5.69 Å². The topological polar surface area (TPSA) is 42.2 Å². The number of halogens is 1. The molecule has 1 heterocycles. The molecule has 1 aromatic rings. The lowest BCUT2D eigenvalue weighted by molar-refractivity contribution is 0.598. The van der Waals surface area contributed by atoms with Crippen LogP contribution in [0.15, 0.2) is 12.3 Å². The fraction of sp³-hybridized carbons (Fsp3) is 0.375. The van der Waals surface area contributed by atoms with Crippen LogP contribution >= 0.6 is 0 Å². The molecule has 0 spiro atoms. The summed E-state index contributed by atoms with van der Waals surface area (Å²) >= 11 is 0. The minimum Gasteiger partial charge on any atom is -0.375 e. The molecular weight excluding hydrogens is 157 g/mol. The van der Waals surface area contributed by atoms with Gasteiger partial charge >= 0.3 is 0 Å². The van der Waals surface area contributed by atoms with Gasteiger partial charge in [0.2, 0.25) is 0 Å². The van der Waals surface area contributed by atoms with Crippen molar-refractivity contribution in [1.82, 2.24) is 4.98 Å². The van der Waals surface area contributed by atoms with Crippen LogP contribution in [0.5, 0.6) is 0 Å². The molecular formula is C8H12FN3. The molecule has 12 heavy (non-hydrogen) atoms. The predicted octanol–water partition coefficient (Wildman–Crippen LogP) is 0.745. The van der Waals surface area contributed by atoms with Gasteiger partial charge in [0.15, 0.2) is 5.82 Å². The fourth-order valence-electron chi connectivity index (χ4n) is 0.963.